The van der Waals surface area contributed by atoms with Gasteiger partial charge in [0.2, 0.25) is 11.9 Å². The van der Waals surface area contributed by atoms with Gasteiger partial charge in [-0.05, 0) is 36.9 Å². The lowest BCUT2D eigenvalue weighted by molar-refractivity contribution is -0.121. The van der Waals surface area contributed by atoms with Crippen molar-refractivity contribution in [3.63, 3.8) is 0 Å². The molecular weight excluding hydrogens is 296 g/mol. The normalized spacial score (nSPS) is 11.7. The maximum atomic E-state index is 11.9. The first-order valence-electron chi connectivity index (χ1n) is 7.13. The monoisotopic (exact) mass is 316 g/mol. The van der Waals surface area contributed by atoms with E-state index in [1.165, 1.54) is 4.90 Å². The minimum absolute atomic E-state index is 0.00335. The van der Waals surface area contributed by atoms with Crippen LogP contribution in [-0.4, -0.2) is 28.7 Å². The number of amides is 1. The molecule has 6 heteroatoms. The Kier molecular flexibility index (Phi) is 6.21. The number of carbonyl (C=O) groups excluding carboxylic acids is 1. The van der Waals surface area contributed by atoms with Gasteiger partial charge in [-0.3, -0.25) is 4.79 Å². The lowest BCUT2D eigenvalue weighted by Gasteiger charge is -2.15. The molecule has 5 nitrogen and oxygen atoms in total. The molecule has 0 saturated heterocycles. The summed E-state index contributed by atoms with van der Waals surface area (Å²) in [5.74, 6) is 0.542. The standard InChI is InChI=1S/C16H20N4OS/c1-12(13-4-6-14(22-2)7-5-13)20-15(21)8-11-19-16-17-9-3-10-18-16/h3-7,9-10,12H,8,11H2,1-2H3,(H,20,21)(H,17,18,19)/t12-/m0/s1. The topological polar surface area (TPSA) is 66.9 Å². The molecule has 0 aliphatic rings. The molecule has 0 spiro atoms. The van der Waals surface area contributed by atoms with Crippen LogP contribution in [0.4, 0.5) is 5.95 Å². The van der Waals surface area contributed by atoms with Gasteiger partial charge >= 0.3 is 0 Å². The second-order valence-electron chi connectivity index (χ2n) is 4.81. The molecule has 2 N–H and O–H groups in total. The van der Waals surface area contributed by atoms with Crippen LogP contribution >= 0.6 is 11.8 Å². The van der Waals surface area contributed by atoms with Gasteiger partial charge in [0, 0.05) is 30.3 Å². The largest absolute Gasteiger partial charge is 0.354 e. The van der Waals surface area contributed by atoms with E-state index in [0.29, 0.717) is 18.9 Å². The van der Waals surface area contributed by atoms with E-state index in [4.69, 9.17) is 0 Å². The predicted molar refractivity (Wildman–Crippen MR) is 89.9 cm³/mol. The summed E-state index contributed by atoms with van der Waals surface area (Å²) in [7, 11) is 0. The van der Waals surface area contributed by atoms with Gasteiger partial charge in [-0.25, -0.2) is 9.97 Å². The number of aromatic nitrogens is 2. The van der Waals surface area contributed by atoms with Crippen LogP contribution < -0.4 is 10.6 Å². The molecular formula is C16H20N4OS. The van der Waals surface area contributed by atoms with Crippen molar-refractivity contribution < 1.29 is 4.79 Å². The van der Waals surface area contributed by atoms with E-state index in [1.54, 1.807) is 30.2 Å². The number of anilines is 1. The Morgan fingerprint density at radius 3 is 2.55 bits per heavy atom. The highest BCUT2D eigenvalue weighted by atomic mass is 32.2. The Bertz CT molecular complexity index is 589. The van der Waals surface area contributed by atoms with Gasteiger partial charge in [-0.2, -0.15) is 0 Å². The molecule has 2 rings (SSSR count). The lowest BCUT2D eigenvalue weighted by Crippen LogP contribution is -2.28. The summed E-state index contributed by atoms with van der Waals surface area (Å²) in [6, 6.07) is 9.98. The van der Waals surface area contributed by atoms with Gasteiger partial charge in [0.05, 0.1) is 6.04 Å². The fraction of sp³-hybridized carbons (Fsp3) is 0.312. The summed E-state index contributed by atoms with van der Waals surface area (Å²) in [5.41, 5.74) is 1.10. The Labute approximate surface area is 135 Å². The van der Waals surface area contributed by atoms with Crippen molar-refractivity contribution in [2.24, 2.45) is 0 Å². The zero-order valence-electron chi connectivity index (χ0n) is 12.7. The van der Waals surface area contributed by atoms with Crippen LogP contribution in [0.1, 0.15) is 24.9 Å². The van der Waals surface area contributed by atoms with Crippen LogP contribution in [0, 0.1) is 0 Å². The smallest absolute Gasteiger partial charge is 0.222 e. The molecule has 1 atom stereocenters. The fourth-order valence-corrected chi connectivity index (χ4v) is 2.38. The summed E-state index contributed by atoms with van der Waals surface area (Å²) in [6.07, 6.45) is 5.75. The van der Waals surface area contributed by atoms with E-state index in [9.17, 15) is 4.79 Å². The Morgan fingerprint density at radius 2 is 1.91 bits per heavy atom. The van der Waals surface area contributed by atoms with Crippen LogP contribution in [0.3, 0.4) is 0 Å². The van der Waals surface area contributed by atoms with Crippen molar-refractivity contribution in [3.05, 3.63) is 48.3 Å². The number of rotatable bonds is 7. The van der Waals surface area contributed by atoms with Gasteiger partial charge in [0.15, 0.2) is 0 Å². The van der Waals surface area contributed by atoms with Gasteiger partial charge in [0.1, 0.15) is 0 Å². The molecule has 0 radical (unpaired) electrons. The Balaban J connectivity index is 1.76. The van der Waals surface area contributed by atoms with Gasteiger partial charge in [-0.1, -0.05) is 12.1 Å². The molecule has 0 unspecified atom stereocenters. The number of benzene rings is 1. The quantitative estimate of drug-likeness (QED) is 0.769. The highest BCUT2D eigenvalue weighted by Crippen LogP contribution is 2.18. The van der Waals surface area contributed by atoms with Crippen LogP contribution in [0.25, 0.3) is 0 Å². The van der Waals surface area contributed by atoms with Crippen LogP contribution in [0.2, 0.25) is 0 Å². The fourth-order valence-electron chi connectivity index (χ4n) is 1.97. The zero-order valence-corrected chi connectivity index (χ0v) is 13.6. The van der Waals surface area contributed by atoms with Gasteiger partial charge in [-0.15, -0.1) is 11.8 Å². The molecule has 116 valence electrons. The van der Waals surface area contributed by atoms with E-state index in [2.05, 4.69) is 32.7 Å². The molecule has 1 heterocycles. The molecule has 0 fully saturated rings. The number of carbonyl (C=O) groups is 1. The zero-order chi connectivity index (χ0) is 15.8. The number of hydrogen-bond donors (Lipinski definition) is 2. The summed E-state index contributed by atoms with van der Waals surface area (Å²) >= 11 is 1.70. The summed E-state index contributed by atoms with van der Waals surface area (Å²) < 4.78 is 0. The minimum Gasteiger partial charge on any atom is -0.354 e. The minimum atomic E-state index is -0.00335. The lowest BCUT2D eigenvalue weighted by atomic mass is 10.1. The highest BCUT2D eigenvalue weighted by molar-refractivity contribution is 7.98. The number of thioether (sulfide) groups is 1. The Morgan fingerprint density at radius 1 is 1.23 bits per heavy atom. The third-order valence-corrected chi connectivity index (χ3v) is 3.94. The van der Waals surface area contributed by atoms with E-state index < -0.39 is 0 Å². The third-order valence-electron chi connectivity index (χ3n) is 3.19. The molecule has 0 bridgehead atoms. The average molecular weight is 316 g/mol. The molecule has 1 amide bonds. The second-order valence-corrected chi connectivity index (χ2v) is 5.69. The van der Waals surface area contributed by atoms with E-state index in [0.717, 1.165) is 5.56 Å². The van der Waals surface area contributed by atoms with Crippen molar-refractivity contribution in [1.29, 1.82) is 0 Å². The van der Waals surface area contributed by atoms with E-state index >= 15 is 0 Å². The maximum absolute atomic E-state index is 11.9. The number of hydrogen-bond acceptors (Lipinski definition) is 5. The van der Waals surface area contributed by atoms with Crippen LogP contribution in [0.5, 0.6) is 0 Å². The Hall–Kier alpha value is -2.08. The summed E-state index contributed by atoms with van der Waals surface area (Å²) in [4.78, 5) is 21.3. The highest BCUT2D eigenvalue weighted by Gasteiger charge is 2.09. The van der Waals surface area contributed by atoms with E-state index in [1.807, 2.05) is 25.3 Å². The molecule has 22 heavy (non-hydrogen) atoms. The second kappa shape index (κ2) is 8.38. The predicted octanol–water partition coefficient (Wildman–Crippen LogP) is 2.88. The maximum Gasteiger partial charge on any atom is 0.222 e. The van der Waals surface area contributed by atoms with Crippen molar-refractivity contribution in [3.8, 4) is 0 Å². The van der Waals surface area contributed by atoms with E-state index in [-0.39, 0.29) is 11.9 Å². The van der Waals surface area contributed by atoms with Gasteiger partial charge < -0.3 is 10.6 Å². The summed E-state index contributed by atoms with van der Waals surface area (Å²) in [6.45, 7) is 2.49. The van der Waals surface area contributed by atoms with Crippen LogP contribution in [0.15, 0.2) is 47.6 Å². The van der Waals surface area contributed by atoms with Crippen molar-refractivity contribution in [1.82, 2.24) is 15.3 Å². The van der Waals surface area contributed by atoms with Crippen molar-refractivity contribution in [2.45, 2.75) is 24.3 Å². The van der Waals surface area contributed by atoms with Crippen LogP contribution in [-0.2, 0) is 4.79 Å². The summed E-state index contributed by atoms with van der Waals surface area (Å²) in [5, 5.41) is 6.01. The molecule has 0 aliphatic carbocycles. The van der Waals surface area contributed by atoms with Crippen molar-refractivity contribution >= 4 is 23.6 Å². The van der Waals surface area contributed by atoms with Crippen molar-refractivity contribution in [2.75, 3.05) is 18.1 Å². The SMILES string of the molecule is CSc1ccc([C@H](C)NC(=O)CCNc2ncccn2)cc1. The number of nitrogens with zero attached hydrogens (tertiary/aromatic N) is 2. The first-order chi connectivity index (χ1) is 10.7. The molecule has 1 aromatic carbocycles. The molecule has 0 aliphatic heterocycles. The molecule has 1 aromatic heterocycles. The number of nitrogens with one attached hydrogen (secondary N) is 2. The molecule has 0 saturated carbocycles. The van der Waals surface area contributed by atoms with Gasteiger partial charge in [0.25, 0.3) is 0 Å². The first-order valence-corrected chi connectivity index (χ1v) is 8.35. The average Bonchev–Trinajstić information content (AvgIpc) is 2.56. The first kappa shape index (κ1) is 16.3. The third kappa shape index (κ3) is 5.04. The molecule has 2 aromatic rings.